The first-order valence-corrected chi connectivity index (χ1v) is 7.19. The third-order valence-electron chi connectivity index (χ3n) is 3.96. The maximum atomic E-state index is 12.7. The van der Waals surface area contributed by atoms with Gasteiger partial charge in [-0.05, 0) is 30.9 Å². The third-order valence-corrected chi connectivity index (χ3v) is 3.96. The molecule has 0 spiro atoms. The Morgan fingerprint density at radius 2 is 1.95 bits per heavy atom. The van der Waals surface area contributed by atoms with Crippen LogP contribution in [-0.4, -0.2) is 28.8 Å². The molecule has 1 heterocycles. The molecule has 4 nitrogen and oxygen atoms in total. The normalized spacial score (nSPS) is 26.5. The fourth-order valence-corrected chi connectivity index (χ4v) is 2.39. The lowest BCUT2D eigenvalue weighted by Gasteiger charge is -2.22. The van der Waals surface area contributed by atoms with Gasteiger partial charge in [0.05, 0.1) is 12.1 Å². The van der Waals surface area contributed by atoms with Crippen LogP contribution >= 0.6 is 0 Å². The summed E-state index contributed by atoms with van der Waals surface area (Å²) in [5.74, 6) is -3.22. The van der Waals surface area contributed by atoms with E-state index in [1.165, 1.54) is 12.8 Å². The molecule has 120 valence electrons. The second kappa shape index (κ2) is 5.24. The Bertz CT molecular complexity index is 581. The monoisotopic (exact) mass is 314 g/mol. The summed E-state index contributed by atoms with van der Waals surface area (Å²) in [5.41, 5.74) is 1.66. The average molecular weight is 314 g/mol. The van der Waals surface area contributed by atoms with E-state index in [1.54, 1.807) is 12.1 Å². The van der Waals surface area contributed by atoms with Crippen LogP contribution in [0.5, 0.6) is 0 Å². The van der Waals surface area contributed by atoms with E-state index in [1.807, 2.05) is 19.1 Å². The van der Waals surface area contributed by atoms with Gasteiger partial charge in [-0.3, -0.25) is 0 Å². The molecule has 1 saturated carbocycles. The van der Waals surface area contributed by atoms with E-state index in [9.17, 15) is 18.3 Å². The van der Waals surface area contributed by atoms with Gasteiger partial charge in [0.1, 0.15) is 0 Å². The first-order chi connectivity index (χ1) is 10.3. The van der Waals surface area contributed by atoms with Crippen molar-refractivity contribution < 1.29 is 23.1 Å². The van der Waals surface area contributed by atoms with Gasteiger partial charge in [0.15, 0.2) is 0 Å². The number of nitrogens with zero attached hydrogens (tertiary/aromatic N) is 1. The molecule has 1 aromatic rings. The lowest BCUT2D eigenvalue weighted by Crippen LogP contribution is -2.45. The van der Waals surface area contributed by atoms with Gasteiger partial charge in [0.2, 0.25) is 0 Å². The predicted octanol–water partition coefficient (Wildman–Crippen LogP) is 2.87. The van der Waals surface area contributed by atoms with Crippen LogP contribution in [0, 0.1) is 0 Å². The molecule has 1 aliphatic heterocycles. The van der Waals surface area contributed by atoms with Gasteiger partial charge in [-0.2, -0.15) is 13.2 Å². The first kappa shape index (κ1) is 15.3. The maximum Gasteiger partial charge on any atom is 0.458 e. The molecular weight excluding hydrogens is 297 g/mol. The number of rotatable bonds is 4. The van der Waals surface area contributed by atoms with Crippen LogP contribution in [-0.2, 0) is 4.84 Å². The zero-order valence-electron chi connectivity index (χ0n) is 12.0. The SMILES string of the molecule is CC(NC1CC1)c1ccc(C2=NOC(O)(C(F)(F)F)C2)cc1. The molecule has 2 unspecified atom stereocenters. The van der Waals surface area contributed by atoms with E-state index in [0.29, 0.717) is 11.6 Å². The van der Waals surface area contributed by atoms with E-state index in [4.69, 9.17) is 0 Å². The van der Waals surface area contributed by atoms with Crippen molar-refractivity contribution in [2.75, 3.05) is 0 Å². The van der Waals surface area contributed by atoms with Crippen LogP contribution < -0.4 is 5.32 Å². The summed E-state index contributed by atoms with van der Waals surface area (Å²) < 4.78 is 38.0. The summed E-state index contributed by atoms with van der Waals surface area (Å²) in [5, 5.41) is 16.3. The fourth-order valence-electron chi connectivity index (χ4n) is 2.39. The molecule has 0 aromatic heterocycles. The summed E-state index contributed by atoms with van der Waals surface area (Å²) in [6, 6.07) is 7.86. The molecule has 1 aromatic carbocycles. The molecule has 2 N–H and O–H groups in total. The number of halogens is 3. The number of hydrogen-bond acceptors (Lipinski definition) is 4. The summed E-state index contributed by atoms with van der Waals surface area (Å²) in [6.07, 6.45) is -3.20. The Morgan fingerprint density at radius 3 is 2.45 bits per heavy atom. The van der Waals surface area contributed by atoms with Gasteiger partial charge < -0.3 is 15.3 Å². The van der Waals surface area contributed by atoms with Crippen LogP contribution in [0.25, 0.3) is 0 Å². The number of alkyl halides is 3. The smallest absolute Gasteiger partial charge is 0.350 e. The Balaban J connectivity index is 1.68. The van der Waals surface area contributed by atoms with E-state index in [0.717, 1.165) is 5.56 Å². The van der Waals surface area contributed by atoms with Crippen molar-refractivity contribution in [3.05, 3.63) is 35.4 Å². The average Bonchev–Trinajstić information content (AvgIpc) is 3.17. The highest BCUT2D eigenvalue weighted by Gasteiger charge is 2.60. The van der Waals surface area contributed by atoms with E-state index in [2.05, 4.69) is 15.3 Å². The lowest BCUT2D eigenvalue weighted by molar-refractivity contribution is -0.355. The molecule has 1 fully saturated rings. The van der Waals surface area contributed by atoms with Crippen LogP contribution in [0.3, 0.4) is 0 Å². The fraction of sp³-hybridized carbons (Fsp3) is 0.533. The van der Waals surface area contributed by atoms with Crippen molar-refractivity contribution in [2.24, 2.45) is 5.16 Å². The maximum absolute atomic E-state index is 12.7. The quantitative estimate of drug-likeness (QED) is 0.898. The van der Waals surface area contributed by atoms with Crippen molar-refractivity contribution in [3.8, 4) is 0 Å². The van der Waals surface area contributed by atoms with Gasteiger partial charge >= 0.3 is 12.0 Å². The van der Waals surface area contributed by atoms with E-state index in [-0.39, 0.29) is 11.8 Å². The number of benzene rings is 1. The number of aliphatic hydroxyl groups is 1. The van der Waals surface area contributed by atoms with Gasteiger partial charge in [-0.25, -0.2) is 0 Å². The molecule has 2 aliphatic rings. The third kappa shape index (κ3) is 2.96. The molecule has 0 bridgehead atoms. The van der Waals surface area contributed by atoms with E-state index < -0.39 is 18.4 Å². The van der Waals surface area contributed by atoms with Crippen LogP contribution in [0.2, 0.25) is 0 Å². The highest BCUT2D eigenvalue weighted by molar-refractivity contribution is 6.01. The Hall–Kier alpha value is -1.60. The van der Waals surface area contributed by atoms with Crippen molar-refractivity contribution in [1.29, 1.82) is 0 Å². The van der Waals surface area contributed by atoms with Crippen LogP contribution in [0.4, 0.5) is 13.2 Å². The summed E-state index contributed by atoms with van der Waals surface area (Å²) in [7, 11) is 0. The van der Waals surface area contributed by atoms with Gasteiger partial charge in [-0.1, -0.05) is 29.4 Å². The van der Waals surface area contributed by atoms with Crippen LogP contribution in [0.1, 0.15) is 43.4 Å². The first-order valence-electron chi connectivity index (χ1n) is 7.19. The molecule has 22 heavy (non-hydrogen) atoms. The second-order valence-corrected chi connectivity index (χ2v) is 5.87. The Labute approximate surface area is 126 Å². The number of nitrogens with one attached hydrogen (secondary N) is 1. The molecule has 2 atom stereocenters. The molecule has 0 saturated heterocycles. The summed E-state index contributed by atoms with van der Waals surface area (Å²) >= 11 is 0. The zero-order valence-corrected chi connectivity index (χ0v) is 12.0. The topological polar surface area (TPSA) is 53.9 Å². The van der Waals surface area contributed by atoms with Gasteiger partial charge in [0, 0.05) is 12.1 Å². The van der Waals surface area contributed by atoms with Crippen molar-refractivity contribution in [3.63, 3.8) is 0 Å². The Kier molecular flexibility index (Phi) is 3.65. The Morgan fingerprint density at radius 1 is 1.32 bits per heavy atom. The second-order valence-electron chi connectivity index (χ2n) is 5.87. The summed E-state index contributed by atoms with van der Waals surface area (Å²) in [4.78, 5) is 4.22. The van der Waals surface area contributed by atoms with Gasteiger partial charge in [0.25, 0.3) is 0 Å². The molecular formula is C15H17F3N2O2. The molecule has 0 amide bonds. The minimum Gasteiger partial charge on any atom is -0.350 e. The highest BCUT2D eigenvalue weighted by Crippen LogP contribution is 2.39. The number of hydrogen-bond donors (Lipinski definition) is 2. The molecule has 1 aliphatic carbocycles. The van der Waals surface area contributed by atoms with Crippen molar-refractivity contribution in [1.82, 2.24) is 5.32 Å². The van der Waals surface area contributed by atoms with Crippen molar-refractivity contribution >= 4 is 5.71 Å². The lowest BCUT2D eigenvalue weighted by atomic mass is 9.99. The highest BCUT2D eigenvalue weighted by atomic mass is 19.4. The van der Waals surface area contributed by atoms with Crippen molar-refractivity contribution in [2.45, 2.75) is 50.2 Å². The molecule has 0 radical (unpaired) electrons. The van der Waals surface area contributed by atoms with E-state index >= 15 is 0 Å². The molecule has 3 rings (SSSR count). The van der Waals surface area contributed by atoms with Gasteiger partial charge in [-0.15, -0.1) is 0 Å². The van der Waals surface area contributed by atoms with Crippen LogP contribution in [0.15, 0.2) is 29.4 Å². The standard InChI is InChI=1S/C15H17F3N2O2/c1-9(19-12-6-7-12)10-2-4-11(5-3-10)13-8-14(21,22-20-13)15(16,17)18/h2-5,9,12,19,21H,6-8H2,1H3. The molecule has 7 heteroatoms. The largest absolute Gasteiger partial charge is 0.458 e. The summed E-state index contributed by atoms with van der Waals surface area (Å²) in [6.45, 7) is 2.05. The zero-order chi connectivity index (χ0) is 16.0. The predicted molar refractivity (Wildman–Crippen MR) is 74.3 cm³/mol. The minimum atomic E-state index is -4.87. The minimum absolute atomic E-state index is 0.0918. The number of oxime groups is 1.